The Morgan fingerprint density at radius 3 is 2.47 bits per heavy atom. The molecule has 0 amide bonds. The SMILES string of the molecule is CC(O)(c1ccc(Br)cc1)c1cnccc1N. The molecule has 0 fully saturated rings. The van der Waals surface area contributed by atoms with Crippen molar-refractivity contribution in [1.82, 2.24) is 4.98 Å². The van der Waals surface area contributed by atoms with E-state index < -0.39 is 5.60 Å². The number of aromatic nitrogens is 1. The van der Waals surface area contributed by atoms with E-state index in [2.05, 4.69) is 20.9 Å². The number of hydrogen-bond donors (Lipinski definition) is 2. The van der Waals surface area contributed by atoms with Crippen LogP contribution in [0.1, 0.15) is 18.1 Å². The second-order valence-electron chi connectivity index (χ2n) is 4.04. The second kappa shape index (κ2) is 4.47. The molecule has 88 valence electrons. The zero-order chi connectivity index (χ0) is 12.5. The lowest BCUT2D eigenvalue weighted by atomic mass is 9.88. The van der Waals surface area contributed by atoms with E-state index in [1.165, 1.54) is 0 Å². The third-order valence-corrected chi connectivity index (χ3v) is 3.31. The average Bonchev–Trinajstić information content (AvgIpc) is 2.30. The number of anilines is 1. The highest BCUT2D eigenvalue weighted by molar-refractivity contribution is 9.10. The Bertz CT molecular complexity index is 523. The maximum Gasteiger partial charge on any atom is 0.115 e. The fraction of sp³-hybridized carbons (Fsp3) is 0.154. The zero-order valence-electron chi connectivity index (χ0n) is 9.39. The van der Waals surface area contributed by atoms with Gasteiger partial charge in [-0.3, -0.25) is 4.98 Å². The molecule has 1 unspecified atom stereocenters. The van der Waals surface area contributed by atoms with Gasteiger partial charge in [0.15, 0.2) is 0 Å². The van der Waals surface area contributed by atoms with Crippen molar-refractivity contribution in [1.29, 1.82) is 0 Å². The predicted octanol–water partition coefficient (Wildman–Crippen LogP) is 2.68. The van der Waals surface area contributed by atoms with Gasteiger partial charge >= 0.3 is 0 Å². The van der Waals surface area contributed by atoms with Crippen LogP contribution in [0.25, 0.3) is 0 Å². The van der Waals surface area contributed by atoms with Crippen molar-refractivity contribution in [2.45, 2.75) is 12.5 Å². The molecule has 2 aromatic rings. The lowest BCUT2D eigenvalue weighted by Gasteiger charge is -2.25. The number of nitrogens with zero attached hydrogens (tertiary/aromatic N) is 1. The van der Waals surface area contributed by atoms with Gasteiger partial charge in [0.2, 0.25) is 0 Å². The van der Waals surface area contributed by atoms with Crippen LogP contribution in [0.5, 0.6) is 0 Å². The minimum absolute atomic E-state index is 0.535. The van der Waals surface area contributed by atoms with Crippen LogP contribution in [0, 0.1) is 0 Å². The summed E-state index contributed by atoms with van der Waals surface area (Å²) in [5.41, 5.74) is 6.65. The van der Waals surface area contributed by atoms with Crippen molar-refractivity contribution >= 4 is 21.6 Å². The molecule has 0 aliphatic rings. The number of benzene rings is 1. The first kappa shape index (κ1) is 12.1. The van der Waals surface area contributed by atoms with Gasteiger partial charge in [0.25, 0.3) is 0 Å². The molecule has 0 aliphatic carbocycles. The predicted molar refractivity (Wildman–Crippen MR) is 71.5 cm³/mol. The number of nitrogen functional groups attached to an aromatic ring is 1. The molecule has 1 aromatic heterocycles. The van der Waals surface area contributed by atoms with Gasteiger partial charge < -0.3 is 10.8 Å². The third-order valence-electron chi connectivity index (χ3n) is 2.79. The van der Waals surface area contributed by atoms with E-state index in [1.807, 2.05) is 24.3 Å². The summed E-state index contributed by atoms with van der Waals surface area (Å²) < 4.78 is 0.969. The summed E-state index contributed by atoms with van der Waals surface area (Å²) in [4.78, 5) is 4.01. The summed E-state index contributed by atoms with van der Waals surface area (Å²) in [6.45, 7) is 1.71. The molecule has 1 atom stereocenters. The first-order chi connectivity index (χ1) is 8.01. The molecular weight excluding hydrogens is 280 g/mol. The van der Waals surface area contributed by atoms with Crippen LogP contribution in [0.3, 0.4) is 0 Å². The fourth-order valence-corrected chi connectivity index (χ4v) is 2.01. The number of pyridine rings is 1. The van der Waals surface area contributed by atoms with Gasteiger partial charge in [0, 0.05) is 28.1 Å². The second-order valence-corrected chi connectivity index (χ2v) is 4.96. The smallest absolute Gasteiger partial charge is 0.115 e. The van der Waals surface area contributed by atoms with E-state index >= 15 is 0 Å². The Hall–Kier alpha value is -1.39. The molecule has 0 aliphatic heterocycles. The van der Waals surface area contributed by atoms with Crippen molar-refractivity contribution in [2.75, 3.05) is 5.73 Å². The molecule has 0 bridgehead atoms. The van der Waals surface area contributed by atoms with Gasteiger partial charge in [-0.25, -0.2) is 0 Å². The number of hydrogen-bond acceptors (Lipinski definition) is 3. The fourth-order valence-electron chi connectivity index (χ4n) is 1.74. The number of rotatable bonds is 2. The van der Waals surface area contributed by atoms with E-state index in [0.717, 1.165) is 10.0 Å². The van der Waals surface area contributed by atoms with E-state index in [0.29, 0.717) is 11.3 Å². The highest BCUT2D eigenvalue weighted by Gasteiger charge is 2.27. The Balaban J connectivity index is 2.49. The van der Waals surface area contributed by atoms with Crippen molar-refractivity contribution < 1.29 is 5.11 Å². The number of nitrogens with two attached hydrogens (primary N) is 1. The van der Waals surface area contributed by atoms with Crippen molar-refractivity contribution in [3.63, 3.8) is 0 Å². The van der Waals surface area contributed by atoms with E-state index in [9.17, 15) is 5.11 Å². The van der Waals surface area contributed by atoms with Gasteiger partial charge in [-0.1, -0.05) is 28.1 Å². The highest BCUT2D eigenvalue weighted by Crippen LogP contribution is 2.32. The normalized spacial score (nSPS) is 14.3. The number of halogens is 1. The van der Waals surface area contributed by atoms with Gasteiger partial charge in [-0.15, -0.1) is 0 Å². The van der Waals surface area contributed by atoms with Gasteiger partial charge in [0.05, 0.1) is 0 Å². The summed E-state index contributed by atoms with van der Waals surface area (Å²) in [6, 6.07) is 9.17. The first-order valence-electron chi connectivity index (χ1n) is 5.20. The van der Waals surface area contributed by atoms with Crippen LogP contribution in [0.15, 0.2) is 47.2 Å². The van der Waals surface area contributed by atoms with Gasteiger partial charge in [-0.2, -0.15) is 0 Å². The summed E-state index contributed by atoms with van der Waals surface area (Å²) in [6.07, 6.45) is 3.20. The molecule has 2 rings (SSSR count). The lowest BCUT2D eigenvalue weighted by molar-refractivity contribution is 0.103. The lowest BCUT2D eigenvalue weighted by Crippen LogP contribution is -2.24. The topological polar surface area (TPSA) is 59.1 Å². The molecule has 1 aromatic carbocycles. The Morgan fingerprint density at radius 2 is 1.88 bits per heavy atom. The van der Waals surface area contributed by atoms with Gasteiger partial charge in [-0.05, 0) is 30.7 Å². The Morgan fingerprint density at radius 1 is 1.24 bits per heavy atom. The van der Waals surface area contributed by atoms with Crippen LogP contribution >= 0.6 is 15.9 Å². The van der Waals surface area contributed by atoms with Crippen molar-refractivity contribution in [2.24, 2.45) is 0 Å². The molecular formula is C13H13BrN2O. The summed E-state index contributed by atoms with van der Waals surface area (Å²) in [5.74, 6) is 0. The molecule has 3 nitrogen and oxygen atoms in total. The quantitative estimate of drug-likeness (QED) is 0.895. The van der Waals surface area contributed by atoms with E-state index in [-0.39, 0.29) is 0 Å². The van der Waals surface area contributed by atoms with E-state index in [4.69, 9.17) is 5.73 Å². The monoisotopic (exact) mass is 292 g/mol. The molecule has 3 N–H and O–H groups in total. The molecule has 0 saturated heterocycles. The minimum atomic E-state index is -1.14. The van der Waals surface area contributed by atoms with Crippen LogP contribution in [0.2, 0.25) is 0 Å². The first-order valence-corrected chi connectivity index (χ1v) is 5.99. The molecule has 0 spiro atoms. The molecule has 1 heterocycles. The van der Waals surface area contributed by atoms with Crippen LogP contribution in [0.4, 0.5) is 5.69 Å². The van der Waals surface area contributed by atoms with E-state index in [1.54, 1.807) is 25.4 Å². The van der Waals surface area contributed by atoms with Crippen molar-refractivity contribution in [3.05, 3.63) is 58.3 Å². The minimum Gasteiger partial charge on any atom is -0.398 e. The third kappa shape index (κ3) is 2.33. The van der Waals surface area contributed by atoms with Crippen LogP contribution in [-0.2, 0) is 5.60 Å². The van der Waals surface area contributed by atoms with Crippen LogP contribution in [-0.4, -0.2) is 10.1 Å². The number of aliphatic hydroxyl groups is 1. The highest BCUT2D eigenvalue weighted by atomic mass is 79.9. The molecule has 4 heteroatoms. The molecule has 17 heavy (non-hydrogen) atoms. The Kier molecular flexibility index (Phi) is 3.17. The molecule has 0 radical (unpaired) electrons. The summed E-state index contributed by atoms with van der Waals surface area (Å²) >= 11 is 3.36. The maximum atomic E-state index is 10.6. The summed E-state index contributed by atoms with van der Waals surface area (Å²) in [5, 5.41) is 10.6. The van der Waals surface area contributed by atoms with Gasteiger partial charge in [0.1, 0.15) is 5.60 Å². The Labute approximate surface area is 108 Å². The summed E-state index contributed by atoms with van der Waals surface area (Å²) in [7, 11) is 0. The standard InChI is InChI=1S/C13H13BrN2O/c1-13(17,9-2-4-10(14)5-3-9)11-8-16-7-6-12(11)15/h2-8,17H,1H3,(H2,15,16). The van der Waals surface area contributed by atoms with Crippen LogP contribution < -0.4 is 5.73 Å². The average molecular weight is 293 g/mol. The van der Waals surface area contributed by atoms with Crippen molar-refractivity contribution in [3.8, 4) is 0 Å². The molecule has 0 saturated carbocycles. The maximum absolute atomic E-state index is 10.6. The largest absolute Gasteiger partial charge is 0.398 e. The zero-order valence-corrected chi connectivity index (χ0v) is 11.0.